The van der Waals surface area contributed by atoms with Gasteiger partial charge >= 0.3 is 29.6 Å². The average molecular weight is 2070 g/mol. The summed E-state index contributed by atoms with van der Waals surface area (Å²) in [6, 6.07) is 61.5. The van der Waals surface area contributed by atoms with Crippen LogP contribution >= 0.6 is 27.5 Å². The molecule has 1 aliphatic rings. The van der Waals surface area contributed by atoms with Crippen molar-refractivity contribution in [3.05, 3.63) is 410 Å². The monoisotopic (exact) mass is 2070 g/mol. The predicted molar refractivity (Wildman–Crippen MR) is 545 cm³/mol. The second kappa shape index (κ2) is 61.1. The first-order valence-corrected chi connectivity index (χ1v) is 44.8. The molecule has 0 saturated carbocycles. The number of nitriles is 4. The standard InChI is InChI=1S/C26H24N4O3.C16H10ClN3O2.C16H11N3O2.C12H17NO2.C10H5FN2O.C8H4FNO.C7H3BrFN.C6H7NO.C6H11NO.CH3F.CH4.Na/c1-5-32-16-19-9-8-17(2)22(13-19)29-26-28-15-24(33-26)20-10-11-21(27-4)23(14-20)30-12-6-7-18(3)25(30)31;1-10-4-3-7-20(15(10)21)13-8-11(5-6-12(13)18-2)14-9-19-16(17)22-14;1-11-3-2-6-19(16(11)20)14-7-12(4-5-13(14)8-17)15-9-18-10-21-15;1-4-15-8-11-6-5-9(2)12(7-11)13-10(3)14;11-9-3-7(1-2-8(9)4-12)10-5-13-6-14-10;9-8-3-6(5-11)1-2-7(8)4-10;8-6-2-1-5(4-10)7(9)3-6;1-5-3-2-4-7-6(5)8;8-6-7-4-2-1-3-5-7;1-2;;/h6-15H,5,16H2,1-3H3,(H,28,29);3-9H,1H3;2-7,9-10H,1H3;5-7H,4,8H2,1-3H3,(H,13,14);1-3,5-6H;1-3,5H;1-3H;2-4H,1H3,(H,7,8);6H,1-5H2;1H3;1H4;/q;;;;;;;;;;;+1/p-1/i;;;;;;;;;1D;;. The van der Waals surface area contributed by atoms with Gasteiger partial charge in [-0.15, -0.1) is 0 Å². The molecule has 2 N–H and O–H groups in total. The first-order valence-electron chi connectivity index (χ1n) is 44.3. The molecule has 1 aliphatic heterocycles. The molecule has 740 valence electrons. The molecule has 1 fully saturated rings. The Bertz CT molecular complexity index is 7550. The minimum Gasteiger partial charge on any atom is -0.858 e. The number of pyridine rings is 4. The number of anilines is 3. The molecule has 146 heavy (non-hydrogen) atoms. The number of benzene rings is 8. The summed E-state index contributed by atoms with van der Waals surface area (Å²) in [4.78, 5) is 96.5. The minimum absolute atomic E-state index is 0. The maximum Gasteiger partial charge on any atom is 1.00 e. The number of alkyl halides is 1. The number of piperidine rings is 1. The molecule has 1 saturated heterocycles. The van der Waals surface area contributed by atoms with Gasteiger partial charge in [-0.05, 0) is 235 Å². The minimum atomic E-state index is -1.00. The van der Waals surface area contributed by atoms with Crippen molar-refractivity contribution >= 4 is 74.9 Å². The summed E-state index contributed by atoms with van der Waals surface area (Å²) in [5.41, 5.74) is 13.8. The van der Waals surface area contributed by atoms with E-state index in [0.717, 1.165) is 64.8 Å². The summed E-state index contributed by atoms with van der Waals surface area (Å²) in [6.07, 6.45) is 20.4. The molecule has 2 amide bonds. The van der Waals surface area contributed by atoms with Crippen LogP contribution in [0.3, 0.4) is 0 Å². The fourth-order valence-corrected chi connectivity index (χ4v) is 13.4. The predicted octanol–water partition coefficient (Wildman–Crippen LogP) is 20.7. The Kier molecular flexibility index (Phi) is 48.6. The van der Waals surface area contributed by atoms with Crippen LogP contribution in [0.25, 0.3) is 72.0 Å². The molecule has 0 aliphatic carbocycles. The molecule has 37 heteroatoms. The average Bonchev–Trinajstić information content (AvgIpc) is 1.75. The van der Waals surface area contributed by atoms with Crippen LogP contribution < -0.4 is 62.0 Å². The quantitative estimate of drug-likeness (QED) is 0.0349. The zero-order valence-electron chi connectivity index (χ0n) is 81.3. The van der Waals surface area contributed by atoms with Crippen molar-refractivity contribution in [3.8, 4) is 92.5 Å². The van der Waals surface area contributed by atoms with Crippen molar-refractivity contribution in [2.45, 2.75) is 102 Å². The first-order chi connectivity index (χ1) is 69.9. The van der Waals surface area contributed by atoms with E-state index in [4.69, 9.17) is 69.0 Å². The van der Waals surface area contributed by atoms with Crippen molar-refractivity contribution in [3.63, 3.8) is 0 Å². The number of carbonyl (C=O) groups is 3. The molecule has 0 bridgehead atoms. The van der Waals surface area contributed by atoms with Crippen LogP contribution in [0.15, 0.2) is 293 Å². The summed E-state index contributed by atoms with van der Waals surface area (Å²) in [6.45, 7) is 35.6. The van der Waals surface area contributed by atoms with Gasteiger partial charge in [0, 0.05) is 118 Å². The van der Waals surface area contributed by atoms with E-state index in [0.29, 0.717) is 139 Å². The molecular formula is C109H98BrClF4N17NaO13. The normalized spacial score (nSPS) is 10.5. The zero-order valence-corrected chi connectivity index (χ0v) is 84.6. The summed E-state index contributed by atoms with van der Waals surface area (Å²) in [5.74, 6) is 0.187. The number of likely N-dealkylation sites (tertiary alicyclic amines) is 1. The van der Waals surface area contributed by atoms with Crippen LogP contribution in [0.1, 0.15) is 126 Å². The number of amides is 2. The SMILES string of the molecule is C.CCOCc1ccc(C)c(NC(C)=O)c1.Cc1cccn(-c2cc(-c3cnco3)ccc2C#N)c1=O.Cc1cccnc1[O-].N#Cc1ccc(-c2cnco2)cc1F.N#Cc1ccc(Br)cc1F.N#Cc1ccc(C=O)cc1F.O=CN1CCCCC1.[2H]CF.[C-]#[N+]c1ccc(-c2cnc(Cl)o2)cc1-n1cccc(C)c1=O.[C-]#[N+]c1ccc(-c2cnc(Nc3cc(COCC)ccc3C)o2)cc1-n1cccc(C)c1=O.[Na+]. The maximum atomic E-state index is 13.2. The fourth-order valence-electron chi connectivity index (χ4n) is 12.9. The van der Waals surface area contributed by atoms with E-state index in [9.17, 15) is 56.7 Å². The molecule has 9 heterocycles. The van der Waals surface area contributed by atoms with Gasteiger partial charge < -0.3 is 47.8 Å². The van der Waals surface area contributed by atoms with Crippen molar-refractivity contribution < 1.29 is 95.1 Å². The van der Waals surface area contributed by atoms with Crippen LogP contribution in [0.4, 0.5) is 46.3 Å². The van der Waals surface area contributed by atoms with Gasteiger partial charge in [0.25, 0.3) is 28.0 Å². The van der Waals surface area contributed by atoms with E-state index in [-0.39, 0.29) is 93.1 Å². The number of ether oxygens (including phenoxy) is 2. The largest absolute Gasteiger partial charge is 1.00 e. The molecule has 8 aromatic heterocycles. The van der Waals surface area contributed by atoms with Gasteiger partial charge in [-0.3, -0.25) is 51.8 Å². The molecule has 0 spiro atoms. The third-order valence-electron chi connectivity index (χ3n) is 20.5. The van der Waals surface area contributed by atoms with Crippen LogP contribution in [0.2, 0.25) is 5.35 Å². The number of rotatable bonds is 18. The number of nitrogens with zero attached hydrogens (tertiary/aromatic N) is 15. The van der Waals surface area contributed by atoms with Crippen molar-refractivity contribution in [2.75, 3.05) is 44.1 Å². The van der Waals surface area contributed by atoms with Gasteiger partial charge in [0.15, 0.2) is 35.8 Å². The molecule has 0 radical (unpaired) electrons. The Morgan fingerprint density at radius 3 is 1.39 bits per heavy atom. The Hall–Kier alpha value is -16.8. The number of aryl methyl sites for hydroxylation is 6. The number of aromatic nitrogens is 8. The summed E-state index contributed by atoms with van der Waals surface area (Å²) in [5, 5.41) is 51.0. The molecule has 16 aromatic rings. The fraction of sp³-hybridized carbons (Fsp3) is 0.183. The number of halogens is 6. The van der Waals surface area contributed by atoms with Gasteiger partial charge in [-0.1, -0.05) is 102 Å². The molecule has 17 rings (SSSR count). The molecule has 0 unspecified atom stereocenters. The Morgan fingerprint density at radius 1 is 0.541 bits per heavy atom. The summed E-state index contributed by atoms with van der Waals surface area (Å²) < 4.78 is 91.2. The summed E-state index contributed by atoms with van der Waals surface area (Å²) >= 11 is 8.77. The van der Waals surface area contributed by atoms with Gasteiger partial charge in [0.2, 0.25) is 23.7 Å². The third-order valence-corrected chi connectivity index (χ3v) is 21.1. The number of oxazole rings is 4. The van der Waals surface area contributed by atoms with Gasteiger partial charge in [0.1, 0.15) is 48.0 Å². The third kappa shape index (κ3) is 35.1. The Labute approximate surface area is 877 Å². The van der Waals surface area contributed by atoms with E-state index in [1.165, 1.54) is 108 Å². The number of carbonyl (C=O) groups excluding carboxylic acids is 3. The van der Waals surface area contributed by atoms with E-state index < -0.39 is 24.6 Å². The van der Waals surface area contributed by atoms with E-state index in [2.05, 4.69) is 67.2 Å². The number of nitrogens with one attached hydrogen (secondary N) is 2. The van der Waals surface area contributed by atoms with Crippen molar-refractivity contribution in [2.24, 2.45) is 0 Å². The molecular weight excluding hydrogens is 1970 g/mol. The van der Waals surface area contributed by atoms with E-state index in [1.807, 2.05) is 69.0 Å². The smallest absolute Gasteiger partial charge is 0.858 e. The van der Waals surface area contributed by atoms with Gasteiger partial charge in [-0.2, -0.15) is 21.0 Å². The van der Waals surface area contributed by atoms with Crippen LogP contribution in [-0.2, 0) is 32.3 Å². The maximum absolute atomic E-state index is 13.2. The van der Waals surface area contributed by atoms with Gasteiger partial charge in [0.05, 0.1) is 99.0 Å². The summed E-state index contributed by atoms with van der Waals surface area (Å²) in [7, 11) is -1.00. The van der Waals surface area contributed by atoms with E-state index >= 15 is 0 Å². The van der Waals surface area contributed by atoms with E-state index in [1.54, 1.807) is 192 Å². The number of hydrogen-bond donors (Lipinski definition) is 2. The van der Waals surface area contributed by atoms with Crippen LogP contribution in [0.5, 0.6) is 5.88 Å². The zero-order chi connectivity index (χ0) is 105. The van der Waals surface area contributed by atoms with Crippen molar-refractivity contribution in [1.29, 1.82) is 21.0 Å². The number of aldehydes is 1. The first kappa shape index (κ1) is 116. The topological polar surface area (TPSA) is 407 Å². The molecule has 0 atom stereocenters. The van der Waals surface area contributed by atoms with Crippen LogP contribution in [0, 0.1) is 117 Å². The molecule has 30 nitrogen and oxygen atoms in total. The van der Waals surface area contributed by atoms with Crippen LogP contribution in [-0.4, -0.2) is 95.6 Å². The second-order valence-corrected chi connectivity index (χ2v) is 31.8. The second-order valence-electron chi connectivity index (χ2n) is 30.5. The Morgan fingerprint density at radius 2 is 0.973 bits per heavy atom. The van der Waals surface area contributed by atoms with Crippen molar-refractivity contribution in [1.82, 2.24) is 43.5 Å². The van der Waals surface area contributed by atoms with Gasteiger partial charge in [-0.25, -0.2) is 42.8 Å². The number of hydrogen-bond acceptors (Lipinski definition) is 23. The molecule has 8 aromatic carbocycles. The Balaban J connectivity index is 0.000000260.